The third-order valence-corrected chi connectivity index (χ3v) is 5.67. The van der Waals surface area contributed by atoms with Crippen molar-refractivity contribution in [3.63, 3.8) is 0 Å². The summed E-state index contributed by atoms with van der Waals surface area (Å²) in [7, 11) is 0. The van der Waals surface area contributed by atoms with Gasteiger partial charge in [-0.3, -0.25) is 14.5 Å². The number of nitrogens with zero attached hydrogens (tertiary/aromatic N) is 1. The summed E-state index contributed by atoms with van der Waals surface area (Å²) in [6, 6.07) is 15.4. The van der Waals surface area contributed by atoms with Crippen LogP contribution in [0, 0.1) is 12.7 Å². The molecule has 1 amide bonds. The molecule has 1 aliphatic heterocycles. The van der Waals surface area contributed by atoms with Crippen LogP contribution in [0.5, 0.6) is 0 Å². The van der Waals surface area contributed by atoms with E-state index in [0.717, 1.165) is 10.4 Å². The number of ketones is 1. The number of aryl methyl sites for hydroxylation is 1. The van der Waals surface area contributed by atoms with Crippen LogP contribution in [-0.2, 0) is 9.59 Å². The van der Waals surface area contributed by atoms with Gasteiger partial charge in [0.2, 0.25) is 0 Å². The van der Waals surface area contributed by atoms with Gasteiger partial charge in [0.25, 0.3) is 11.7 Å². The molecule has 2 heterocycles. The first-order chi connectivity index (χ1) is 13.5. The van der Waals surface area contributed by atoms with Crippen LogP contribution in [0.15, 0.2) is 71.6 Å². The topological polar surface area (TPSA) is 57.6 Å². The van der Waals surface area contributed by atoms with Gasteiger partial charge in [0.15, 0.2) is 0 Å². The molecule has 1 fully saturated rings. The second-order valence-electron chi connectivity index (χ2n) is 6.48. The molecule has 0 bridgehead atoms. The van der Waals surface area contributed by atoms with Gasteiger partial charge in [0, 0.05) is 16.1 Å². The third kappa shape index (κ3) is 2.92. The average Bonchev–Trinajstić information content (AvgIpc) is 3.30. The molecule has 0 radical (unpaired) electrons. The number of halogens is 1. The van der Waals surface area contributed by atoms with E-state index in [2.05, 4.69) is 0 Å². The van der Waals surface area contributed by atoms with E-state index in [1.165, 1.54) is 40.5 Å². The number of para-hydroxylation sites is 1. The maximum absolute atomic E-state index is 13.3. The maximum Gasteiger partial charge on any atom is 0.300 e. The Morgan fingerprint density at radius 2 is 1.75 bits per heavy atom. The van der Waals surface area contributed by atoms with E-state index in [4.69, 9.17) is 0 Å². The normalized spacial score (nSPS) is 18.6. The monoisotopic (exact) mass is 393 g/mol. The number of Topliss-reactive ketones (excluding diaryl/α,β-unsaturated/α-hetero) is 1. The first-order valence-corrected chi connectivity index (χ1v) is 9.53. The lowest BCUT2D eigenvalue weighted by Crippen LogP contribution is -2.29. The molecule has 2 aromatic carbocycles. The molecule has 140 valence electrons. The minimum Gasteiger partial charge on any atom is -0.507 e. The molecular weight excluding hydrogens is 377 g/mol. The Bertz CT molecular complexity index is 1090. The molecule has 1 N–H and O–H groups in total. The first-order valence-electron chi connectivity index (χ1n) is 8.65. The van der Waals surface area contributed by atoms with E-state index in [1.54, 1.807) is 12.1 Å². The summed E-state index contributed by atoms with van der Waals surface area (Å²) in [4.78, 5) is 28.0. The van der Waals surface area contributed by atoms with Gasteiger partial charge in [-0.15, -0.1) is 11.3 Å². The smallest absolute Gasteiger partial charge is 0.300 e. The summed E-state index contributed by atoms with van der Waals surface area (Å²) >= 11 is 1.40. The van der Waals surface area contributed by atoms with Crippen LogP contribution < -0.4 is 4.90 Å². The number of amides is 1. The molecule has 1 aliphatic rings. The van der Waals surface area contributed by atoms with Crippen molar-refractivity contribution in [2.75, 3.05) is 4.90 Å². The van der Waals surface area contributed by atoms with E-state index in [-0.39, 0.29) is 16.9 Å². The van der Waals surface area contributed by atoms with Crippen LogP contribution >= 0.6 is 11.3 Å². The van der Waals surface area contributed by atoms with Crippen molar-refractivity contribution in [2.24, 2.45) is 0 Å². The lowest BCUT2D eigenvalue weighted by atomic mass is 9.99. The molecule has 28 heavy (non-hydrogen) atoms. The number of aliphatic hydroxyl groups is 1. The number of hydrogen-bond donors (Lipinski definition) is 1. The predicted molar refractivity (Wildman–Crippen MR) is 107 cm³/mol. The van der Waals surface area contributed by atoms with Crippen LogP contribution in [0.3, 0.4) is 0 Å². The summed E-state index contributed by atoms with van der Waals surface area (Å²) in [6.45, 7) is 1.86. The molecule has 1 aromatic heterocycles. The van der Waals surface area contributed by atoms with E-state index in [0.29, 0.717) is 5.69 Å². The highest BCUT2D eigenvalue weighted by molar-refractivity contribution is 7.10. The van der Waals surface area contributed by atoms with Crippen molar-refractivity contribution < 1.29 is 19.1 Å². The quantitative estimate of drug-likeness (QED) is 0.394. The van der Waals surface area contributed by atoms with Crippen molar-refractivity contribution >= 4 is 34.5 Å². The molecule has 0 aliphatic carbocycles. The van der Waals surface area contributed by atoms with Gasteiger partial charge in [-0.25, -0.2) is 4.39 Å². The Morgan fingerprint density at radius 1 is 1.04 bits per heavy atom. The van der Waals surface area contributed by atoms with Gasteiger partial charge < -0.3 is 5.11 Å². The molecule has 4 rings (SSSR count). The fourth-order valence-electron chi connectivity index (χ4n) is 3.39. The van der Waals surface area contributed by atoms with Crippen molar-refractivity contribution in [1.29, 1.82) is 0 Å². The number of aliphatic hydroxyl groups excluding tert-OH is 1. The molecule has 1 saturated heterocycles. The van der Waals surface area contributed by atoms with Crippen LogP contribution in [0.4, 0.5) is 10.1 Å². The zero-order valence-corrected chi connectivity index (χ0v) is 15.7. The standard InChI is InChI=1S/C22H16FNO3S/c1-13-5-2-3-6-16(13)24-19(17-7-4-12-28-17)18(21(26)22(24)27)20(25)14-8-10-15(23)11-9-14/h2-12,19,25H,1H3/b20-18-. The van der Waals surface area contributed by atoms with Crippen molar-refractivity contribution in [1.82, 2.24) is 0 Å². The molecule has 1 unspecified atom stereocenters. The second kappa shape index (κ2) is 7.05. The first kappa shape index (κ1) is 18.1. The SMILES string of the molecule is Cc1ccccc1N1C(=O)C(=O)/C(=C(\O)c2ccc(F)cc2)C1c1cccs1. The molecule has 6 heteroatoms. The fourth-order valence-corrected chi connectivity index (χ4v) is 4.22. The lowest BCUT2D eigenvalue weighted by molar-refractivity contribution is -0.132. The van der Waals surface area contributed by atoms with Crippen molar-refractivity contribution in [2.45, 2.75) is 13.0 Å². The number of anilines is 1. The van der Waals surface area contributed by atoms with E-state index in [9.17, 15) is 19.1 Å². The maximum atomic E-state index is 13.3. The number of hydrogen-bond acceptors (Lipinski definition) is 4. The molecular formula is C22H16FNO3S. The van der Waals surface area contributed by atoms with Crippen LogP contribution in [-0.4, -0.2) is 16.8 Å². The highest BCUT2D eigenvalue weighted by Crippen LogP contribution is 2.44. The fraction of sp³-hybridized carbons (Fsp3) is 0.0909. The minimum absolute atomic E-state index is 0.00214. The van der Waals surface area contributed by atoms with Gasteiger partial charge in [-0.2, -0.15) is 0 Å². The summed E-state index contributed by atoms with van der Waals surface area (Å²) in [6.07, 6.45) is 0. The van der Waals surface area contributed by atoms with Crippen LogP contribution in [0.25, 0.3) is 5.76 Å². The second-order valence-corrected chi connectivity index (χ2v) is 7.46. The third-order valence-electron chi connectivity index (χ3n) is 4.75. The van der Waals surface area contributed by atoms with Crippen LogP contribution in [0.1, 0.15) is 22.0 Å². The number of carbonyl (C=O) groups excluding carboxylic acids is 2. The number of thiophene rings is 1. The van der Waals surface area contributed by atoms with Crippen LogP contribution in [0.2, 0.25) is 0 Å². The minimum atomic E-state index is -0.761. The highest BCUT2D eigenvalue weighted by atomic mass is 32.1. The number of benzene rings is 2. The van der Waals surface area contributed by atoms with Gasteiger partial charge in [-0.05, 0) is 54.3 Å². The Morgan fingerprint density at radius 3 is 2.39 bits per heavy atom. The largest absolute Gasteiger partial charge is 0.507 e. The number of rotatable bonds is 3. The summed E-state index contributed by atoms with van der Waals surface area (Å²) in [5.41, 5.74) is 1.74. The summed E-state index contributed by atoms with van der Waals surface area (Å²) < 4.78 is 13.3. The van der Waals surface area contributed by atoms with Gasteiger partial charge >= 0.3 is 0 Å². The van der Waals surface area contributed by atoms with E-state index in [1.807, 2.05) is 36.6 Å². The Kier molecular flexibility index (Phi) is 4.57. The van der Waals surface area contributed by atoms with Gasteiger partial charge in [0.1, 0.15) is 17.6 Å². The zero-order valence-electron chi connectivity index (χ0n) is 14.9. The lowest BCUT2D eigenvalue weighted by Gasteiger charge is -2.25. The van der Waals surface area contributed by atoms with Gasteiger partial charge in [-0.1, -0.05) is 24.3 Å². The summed E-state index contributed by atoms with van der Waals surface area (Å²) in [5.74, 6) is -2.22. The van der Waals surface area contributed by atoms with Crippen molar-refractivity contribution in [3.8, 4) is 0 Å². The number of carbonyl (C=O) groups is 2. The summed E-state index contributed by atoms with van der Waals surface area (Å²) in [5, 5.41) is 12.7. The predicted octanol–water partition coefficient (Wildman–Crippen LogP) is 4.82. The van der Waals surface area contributed by atoms with E-state index < -0.39 is 23.5 Å². The molecule has 3 aromatic rings. The zero-order chi connectivity index (χ0) is 19.8. The molecule has 4 nitrogen and oxygen atoms in total. The Labute approximate surface area is 165 Å². The molecule has 0 saturated carbocycles. The van der Waals surface area contributed by atoms with Crippen molar-refractivity contribution in [3.05, 3.63) is 93.4 Å². The molecule has 0 spiro atoms. The van der Waals surface area contributed by atoms with Gasteiger partial charge in [0.05, 0.1) is 5.57 Å². The average molecular weight is 393 g/mol. The van der Waals surface area contributed by atoms with E-state index >= 15 is 0 Å². The molecule has 1 atom stereocenters. The Balaban J connectivity index is 1.94. The highest BCUT2D eigenvalue weighted by Gasteiger charge is 2.47. The Hall–Kier alpha value is -3.25.